The second-order valence-electron chi connectivity index (χ2n) is 9.58. The van der Waals surface area contributed by atoms with Crippen molar-refractivity contribution in [2.75, 3.05) is 26.2 Å². The van der Waals surface area contributed by atoms with Crippen molar-refractivity contribution < 1.29 is 34.1 Å². The molecule has 3 atom stereocenters. The molecule has 0 aliphatic carbocycles. The summed E-state index contributed by atoms with van der Waals surface area (Å²) in [7, 11) is 0. The first-order chi connectivity index (χ1) is 17.6. The lowest BCUT2D eigenvalue weighted by Crippen LogP contribution is -2.52. The van der Waals surface area contributed by atoms with Crippen LogP contribution < -0.4 is 20.7 Å². The Morgan fingerprint density at radius 3 is 2.38 bits per heavy atom. The summed E-state index contributed by atoms with van der Waals surface area (Å²) < 4.78 is 5.60. The molecule has 3 amide bonds. The van der Waals surface area contributed by atoms with Crippen molar-refractivity contribution in [3.63, 3.8) is 0 Å². The Morgan fingerprint density at radius 2 is 1.84 bits per heavy atom. The first-order valence-corrected chi connectivity index (χ1v) is 12.9. The zero-order valence-corrected chi connectivity index (χ0v) is 21.9. The Morgan fingerprint density at radius 1 is 1.14 bits per heavy atom. The molecule has 1 aliphatic rings. The minimum absolute atomic E-state index is 0.00772. The molecule has 1 aliphatic heterocycles. The first-order valence-electron chi connectivity index (χ1n) is 12.9. The van der Waals surface area contributed by atoms with E-state index >= 15 is 0 Å². The van der Waals surface area contributed by atoms with Gasteiger partial charge in [0.2, 0.25) is 5.91 Å². The Kier molecular flexibility index (Phi) is 12.1. The summed E-state index contributed by atoms with van der Waals surface area (Å²) >= 11 is 0. The number of benzene rings is 1. The molecule has 1 aromatic carbocycles. The second-order valence-corrected chi connectivity index (χ2v) is 9.58. The number of hydrogen-bond donors (Lipinski definition) is 5. The Balaban J connectivity index is 2.04. The molecule has 2 rings (SSSR count). The van der Waals surface area contributed by atoms with Crippen molar-refractivity contribution in [3.8, 4) is 5.75 Å². The van der Waals surface area contributed by atoms with Crippen molar-refractivity contribution >= 4 is 23.9 Å². The molecule has 0 saturated carbocycles. The molecule has 5 N–H and O–H groups in total. The number of rotatable bonds is 15. The molecule has 1 saturated heterocycles. The summed E-state index contributed by atoms with van der Waals surface area (Å²) in [6.07, 6.45) is 3.02. The van der Waals surface area contributed by atoms with Gasteiger partial charge in [-0.05, 0) is 57.4 Å². The van der Waals surface area contributed by atoms with Gasteiger partial charge in [0.25, 0.3) is 0 Å². The van der Waals surface area contributed by atoms with Crippen molar-refractivity contribution in [3.05, 3.63) is 29.8 Å². The lowest BCUT2D eigenvalue weighted by Gasteiger charge is -2.28. The molecule has 0 radical (unpaired) electrons. The van der Waals surface area contributed by atoms with Crippen LogP contribution in [0, 0.1) is 5.92 Å². The molecule has 11 heteroatoms. The maximum atomic E-state index is 13.1. The highest BCUT2D eigenvalue weighted by Gasteiger charge is 2.29. The Labute approximate surface area is 217 Å². The van der Waals surface area contributed by atoms with E-state index in [0.29, 0.717) is 24.2 Å². The van der Waals surface area contributed by atoms with E-state index in [1.54, 1.807) is 24.3 Å². The minimum Gasteiger partial charge on any atom is -0.491 e. The van der Waals surface area contributed by atoms with Gasteiger partial charge in [0.1, 0.15) is 11.8 Å². The lowest BCUT2D eigenvalue weighted by atomic mass is 10.1. The number of aliphatic carboxylic acids is 2. The van der Waals surface area contributed by atoms with Crippen LogP contribution in [0.3, 0.4) is 0 Å². The minimum atomic E-state index is -1.20. The van der Waals surface area contributed by atoms with Crippen LogP contribution in [0.25, 0.3) is 0 Å². The number of urea groups is 1. The Hall–Kier alpha value is -3.34. The fraction of sp³-hybridized carbons (Fsp3) is 0.615. The predicted octanol–water partition coefficient (Wildman–Crippen LogP) is 1.85. The normalized spacial score (nSPS) is 16.6. The number of carboxylic acid groups (broad SMARTS) is 2. The molecule has 1 aromatic rings. The van der Waals surface area contributed by atoms with E-state index in [1.807, 2.05) is 20.8 Å². The second kappa shape index (κ2) is 15.0. The summed E-state index contributed by atoms with van der Waals surface area (Å²) in [4.78, 5) is 50.5. The van der Waals surface area contributed by atoms with Gasteiger partial charge >= 0.3 is 18.0 Å². The first kappa shape index (κ1) is 29.9. The monoisotopic (exact) mass is 520 g/mol. The summed E-state index contributed by atoms with van der Waals surface area (Å²) in [6, 6.07) is 4.79. The van der Waals surface area contributed by atoms with Gasteiger partial charge in [-0.15, -0.1) is 0 Å². The molecule has 0 bridgehead atoms. The summed E-state index contributed by atoms with van der Waals surface area (Å²) in [5, 5.41) is 27.7. The van der Waals surface area contributed by atoms with E-state index in [9.17, 15) is 29.4 Å². The van der Waals surface area contributed by atoms with Gasteiger partial charge in [-0.3, -0.25) is 9.59 Å². The highest BCUT2D eigenvalue weighted by molar-refractivity contribution is 5.84. The fourth-order valence-corrected chi connectivity index (χ4v) is 4.03. The quantitative estimate of drug-likeness (QED) is 0.234. The summed E-state index contributed by atoms with van der Waals surface area (Å²) in [6.45, 7) is 6.46. The lowest BCUT2D eigenvalue weighted by molar-refractivity contribution is -0.142. The maximum absolute atomic E-state index is 13.1. The van der Waals surface area contributed by atoms with Crippen molar-refractivity contribution in [1.82, 2.24) is 20.9 Å². The Bertz CT molecular complexity index is 901. The number of ether oxygens (including phenoxy) is 1. The van der Waals surface area contributed by atoms with Crippen LogP contribution in [0.5, 0.6) is 5.75 Å². The van der Waals surface area contributed by atoms with Crippen LogP contribution in [0.1, 0.15) is 52.0 Å². The van der Waals surface area contributed by atoms with Gasteiger partial charge in [0.15, 0.2) is 0 Å². The number of carbonyl (C=O) groups excluding carboxylic acids is 2. The zero-order chi connectivity index (χ0) is 27.4. The predicted molar refractivity (Wildman–Crippen MR) is 138 cm³/mol. The molecular weight excluding hydrogens is 480 g/mol. The molecule has 0 aromatic heterocycles. The number of nitrogens with zero attached hydrogens (tertiary/aromatic N) is 1. The van der Waals surface area contributed by atoms with Gasteiger partial charge in [0.05, 0.1) is 18.1 Å². The largest absolute Gasteiger partial charge is 0.491 e. The number of carbonyl (C=O) groups is 4. The molecule has 1 fully saturated rings. The molecule has 206 valence electrons. The van der Waals surface area contributed by atoms with E-state index in [1.165, 1.54) is 4.90 Å². The van der Waals surface area contributed by atoms with Crippen LogP contribution in [0.15, 0.2) is 24.3 Å². The molecule has 11 nitrogen and oxygen atoms in total. The molecular formula is C26H40N4O7. The third-order valence-electron chi connectivity index (χ3n) is 6.09. The highest BCUT2D eigenvalue weighted by atomic mass is 16.5. The third kappa shape index (κ3) is 10.3. The molecule has 37 heavy (non-hydrogen) atoms. The SMILES string of the molecule is CCCCN(C[C@H](CNC(=O)[C@@H]1CCCN1)C(=O)O)C(=O)N[C@@H](Cc1ccc(OC(C)C)cc1)C(=O)O. The smallest absolute Gasteiger partial charge is 0.326 e. The van der Waals surface area contributed by atoms with Crippen LogP contribution in [0.2, 0.25) is 0 Å². The fourth-order valence-electron chi connectivity index (χ4n) is 4.03. The van der Waals surface area contributed by atoms with Gasteiger partial charge in [0, 0.05) is 26.1 Å². The van der Waals surface area contributed by atoms with E-state index in [-0.39, 0.29) is 44.1 Å². The molecule has 0 spiro atoms. The third-order valence-corrected chi connectivity index (χ3v) is 6.09. The number of hydrogen-bond acceptors (Lipinski definition) is 6. The number of nitrogens with one attached hydrogen (secondary N) is 3. The van der Waals surface area contributed by atoms with E-state index in [0.717, 1.165) is 19.4 Å². The maximum Gasteiger partial charge on any atom is 0.326 e. The zero-order valence-electron chi connectivity index (χ0n) is 21.9. The van der Waals surface area contributed by atoms with Gasteiger partial charge in [-0.2, -0.15) is 0 Å². The average Bonchev–Trinajstić information content (AvgIpc) is 3.38. The van der Waals surface area contributed by atoms with Crippen LogP contribution >= 0.6 is 0 Å². The van der Waals surface area contributed by atoms with Gasteiger partial charge in [-0.1, -0.05) is 25.5 Å². The number of amides is 3. The van der Waals surface area contributed by atoms with E-state index in [4.69, 9.17) is 4.74 Å². The van der Waals surface area contributed by atoms with Crippen LogP contribution in [-0.4, -0.2) is 83.4 Å². The van der Waals surface area contributed by atoms with Gasteiger partial charge in [-0.25, -0.2) is 9.59 Å². The number of unbranched alkanes of at least 4 members (excludes halogenated alkanes) is 1. The average molecular weight is 521 g/mol. The molecule has 0 unspecified atom stereocenters. The van der Waals surface area contributed by atoms with Crippen LogP contribution in [-0.2, 0) is 20.8 Å². The van der Waals surface area contributed by atoms with Crippen molar-refractivity contribution in [1.29, 1.82) is 0 Å². The summed E-state index contributed by atoms with van der Waals surface area (Å²) in [5.41, 5.74) is 0.704. The molecule has 1 heterocycles. The summed E-state index contributed by atoms with van der Waals surface area (Å²) in [5.74, 6) is -2.98. The topological polar surface area (TPSA) is 157 Å². The van der Waals surface area contributed by atoms with Gasteiger partial charge < -0.3 is 35.8 Å². The van der Waals surface area contributed by atoms with Crippen molar-refractivity contribution in [2.45, 2.75) is 71.1 Å². The van der Waals surface area contributed by atoms with Crippen molar-refractivity contribution in [2.24, 2.45) is 5.92 Å². The highest BCUT2D eigenvalue weighted by Crippen LogP contribution is 2.15. The van der Waals surface area contributed by atoms with E-state index < -0.39 is 29.9 Å². The van der Waals surface area contributed by atoms with Crippen LogP contribution in [0.4, 0.5) is 4.79 Å². The number of carboxylic acids is 2. The standard InChI is InChI=1S/C26H40N4O7/c1-4-5-13-30(16-19(24(32)33)15-28-23(31)21-7-6-12-27-21)26(36)29-22(25(34)35)14-18-8-10-20(11-9-18)37-17(2)3/h8-11,17,19,21-22,27H,4-7,12-16H2,1-3H3,(H,28,31)(H,29,36)(H,32,33)(H,34,35)/t19-,21-,22-/m0/s1. The van der Waals surface area contributed by atoms with E-state index in [2.05, 4.69) is 16.0 Å².